The van der Waals surface area contributed by atoms with E-state index in [0.29, 0.717) is 11.8 Å². The molecule has 2 nitrogen and oxygen atoms in total. The molecule has 0 fully saturated rings. The molecule has 24 heavy (non-hydrogen) atoms. The number of carbonyl (C=O) groups excluding carboxylic acids is 1. The molecule has 2 aromatic rings. The molecule has 1 atom stereocenters. The quantitative estimate of drug-likeness (QED) is 0.716. The summed E-state index contributed by atoms with van der Waals surface area (Å²) in [5.41, 5.74) is 0.900. The molecule has 1 heterocycles. The number of hydrogen-bond acceptors (Lipinski definition) is 3. The third kappa shape index (κ3) is 3.92. The topological polar surface area (TPSA) is 20.3 Å². The average molecular weight is 365 g/mol. The molecule has 1 aliphatic heterocycles. The van der Waals surface area contributed by atoms with Crippen molar-refractivity contribution in [3.63, 3.8) is 0 Å². The molecule has 6 heteroatoms. The summed E-state index contributed by atoms with van der Waals surface area (Å²) >= 11 is 2.79. The number of benzene rings is 2. The summed E-state index contributed by atoms with van der Waals surface area (Å²) in [6, 6.07) is 11.1. The molecule has 0 saturated carbocycles. The van der Waals surface area contributed by atoms with Crippen LogP contribution in [0.2, 0.25) is 0 Å². The van der Waals surface area contributed by atoms with Crippen LogP contribution in [0.1, 0.15) is 13.3 Å². The zero-order valence-corrected chi connectivity index (χ0v) is 14.8. The lowest BCUT2D eigenvalue weighted by atomic mass is 10.2. The summed E-state index contributed by atoms with van der Waals surface area (Å²) in [6.45, 7) is 2.78. The van der Waals surface area contributed by atoms with Crippen LogP contribution in [0.25, 0.3) is 0 Å². The number of hydrogen-bond donors (Lipinski definition) is 0. The molecule has 0 N–H and O–H groups in total. The van der Waals surface area contributed by atoms with Crippen molar-refractivity contribution in [2.45, 2.75) is 28.4 Å². The van der Waals surface area contributed by atoms with Gasteiger partial charge in [-0.05, 0) is 36.8 Å². The minimum atomic E-state index is -0.505. The summed E-state index contributed by atoms with van der Waals surface area (Å²) in [4.78, 5) is 15.7. The zero-order chi connectivity index (χ0) is 17.1. The van der Waals surface area contributed by atoms with Crippen molar-refractivity contribution >= 4 is 35.1 Å². The van der Waals surface area contributed by atoms with Crippen LogP contribution in [0, 0.1) is 11.6 Å². The third-order valence-electron chi connectivity index (χ3n) is 3.79. The van der Waals surface area contributed by atoms with Crippen LogP contribution in [0.5, 0.6) is 0 Å². The van der Waals surface area contributed by atoms with E-state index < -0.39 is 11.6 Å². The summed E-state index contributed by atoms with van der Waals surface area (Å²) in [6.07, 6.45) is 0.893. The lowest BCUT2D eigenvalue weighted by Crippen LogP contribution is -2.33. The van der Waals surface area contributed by atoms with Crippen molar-refractivity contribution in [2.24, 2.45) is 0 Å². The van der Waals surface area contributed by atoms with E-state index in [1.807, 2.05) is 24.3 Å². The number of nitrogens with zero attached hydrogens (tertiary/aromatic N) is 1. The van der Waals surface area contributed by atoms with Crippen LogP contribution in [0.15, 0.2) is 52.3 Å². The molecule has 1 amide bonds. The molecule has 0 aromatic heterocycles. The minimum Gasteiger partial charge on any atom is -0.311 e. The summed E-state index contributed by atoms with van der Waals surface area (Å²) in [5, 5.41) is 0.428. The molecule has 1 aliphatic rings. The Labute approximate surface area is 148 Å². The maximum absolute atomic E-state index is 13.7. The van der Waals surface area contributed by atoms with Crippen LogP contribution < -0.4 is 4.90 Å². The standard InChI is InChI=1S/C18H17F2NOS2/c1-12-8-9-21(15-4-2-3-5-16(15)24-12)18(22)11-23-17-10-13(19)6-7-14(17)20/h2-7,10,12H,8-9,11H2,1H3/t12-/m1/s1. The molecule has 0 saturated heterocycles. The van der Waals surface area contributed by atoms with Crippen LogP contribution >= 0.6 is 23.5 Å². The van der Waals surface area contributed by atoms with Gasteiger partial charge in [0.15, 0.2) is 0 Å². The number of halogens is 2. The number of amides is 1. The van der Waals surface area contributed by atoms with E-state index in [0.717, 1.165) is 47.0 Å². The maximum atomic E-state index is 13.7. The van der Waals surface area contributed by atoms with Crippen LogP contribution in [-0.4, -0.2) is 23.5 Å². The van der Waals surface area contributed by atoms with E-state index in [2.05, 4.69) is 6.92 Å². The van der Waals surface area contributed by atoms with Gasteiger partial charge in [0.2, 0.25) is 5.91 Å². The van der Waals surface area contributed by atoms with Crippen molar-refractivity contribution in [1.29, 1.82) is 0 Å². The Hall–Kier alpha value is -1.53. The predicted molar refractivity (Wildman–Crippen MR) is 95.8 cm³/mol. The Balaban J connectivity index is 1.76. The molecule has 0 bridgehead atoms. The largest absolute Gasteiger partial charge is 0.311 e. The van der Waals surface area contributed by atoms with Gasteiger partial charge in [0.25, 0.3) is 0 Å². The Morgan fingerprint density at radius 1 is 1.29 bits per heavy atom. The van der Waals surface area contributed by atoms with Crippen LogP contribution in [0.4, 0.5) is 14.5 Å². The summed E-state index contributed by atoms with van der Waals surface area (Å²) < 4.78 is 26.9. The Kier molecular flexibility index (Phi) is 5.46. The Morgan fingerprint density at radius 2 is 2.08 bits per heavy atom. The van der Waals surface area contributed by atoms with Gasteiger partial charge in [-0.15, -0.1) is 23.5 Å². The van der Waals surface area contributed by atoms with E-state index in [-0.39, 0.29) is 16.6 Å². The van der Waals surface area contributed by atoms with Crippen molar-refractivity contribution in [2.75, 3.05) is 17.2 Å². The minimum absolute atomic E-state index is 0.0771. The van der Waals surface area contributed by atoms with Gasteiger partial charge >= 0.3 is 0 Å². The first-order valence-corrected chi connectivity index (χ1v) is 9.55. The number of rotatable bonds is 3. The van der Waals surface area contributed by atoms with E-state index in [9.17, 15) is 13.6 Å². The van der Waals surface area contributed by atoms with Crippen LogP contribution in [-0.2, 0) is 4.79 Å². The molecule has 0 radical (unpaired) electrons. The van der Waals surface area contributed by atoms with Gasteiger partial charge in [-0.1, -0.05) is 19.1 Å². The second-order valence-corrected chi connectivity index (χ2v) is 8.09. The van der Waals surface area contributed by atoms with E-state index >= 15 is 0 Å². The molecule has 3 rings (SSSR count). The first-order valence-electron chi connectivity index (χ1n) is 7.68. The van der Waals surface area contributed by atoms with E-state index in [1.165, 1.54) is 0 Å². The number of anilines is 1. The first kappa shape index (κ1) is 17.3. The fourth-order valence-electron chi connectivity index (χ4n) is 2.55. The van der Waals surface area contributed by atoms with Crippen molar-refractivity contribution in [1.82, 2.24) is 0 Å². The van der Waals surface area contributed by atoms with Gasteiger partial charge in [0.1, 0.15) is 11.6 Å². The zero-order valence-electron chi connectivity index (χ0n) is 13.2. The summed E-state index contributed by atoms with van der Waals surface area (Å²) in [5.74, 6) is -1.02. The molecular weight excluding hydrogens is 348 g/mol. The summed E-state index contributed by atoms with van der Waals surface area (Å²) in [7, 11) is 0. The first-order chi connectivity index (χ1) is 11.5. The highest BCUT2D eigenvalue weighted by molar-refractivity contribution is 8.00. The number of thioether (sulfide) groups is 2. The molecule has 0 unspecified atom stereocenters. The number of carbonyl (C=O) groups is 1. The lowest BCUT2D eigenvalue weighted by molar-refractivity contribution is -0.116. The Morgan fingerprint density at radius 3 is 2.92 bits per heavy atom. The SMILES string of the molecule is C[C@@H]1CCN(C(=O)CSc2cc(F)ccc2F)c2ccccc2S1. The van der Waals surface area contributed by atoms with Crippen molar-refractivity contribution < 1.29 is 13.6 Å². The van der Waals surface area contributed by atoms with Gasteiger partial charge in [-0.25, -0.2) is 8.78 Å². The fourth-order valence-corrected chi connectivity index (χ4v) is 4.50. The van der Waals surface area contributed by atoms with Gasteiger partial charge in [0, 0.05) is 21.6 Å². The highest BCUT2D eigenvalue weighted by Crippen LogP contribution is 2.37. The predicted octanol–water partition coefficient (Wildman–Crippen LogP) is 4.97. The van der Waals surface area contributed by atoms with Crippen molar-refractivity contribution in [3.05, 3.63) is 54.1 Å². The second-order valence-electron chi connectivity index (χ2n) is 5.59. The average Bonchev–Trinajstić information content (AvgIpc) is 2.73. The van der Waals surface area contributed by atoms with Gasteiger partial charge in [-0.3, -0.25) is 4.79 Å². The van der Waals surface area contributed by atoms with Gasteiger partial charge in [0.05, 0.1) is 11.4 Å². The van der Waals surface area contributed by atoms with Crippen molar-refractivity contribution in [3.8, 4) is 0 Å². The number of fused-ring (bicyclic) bond motifs is 1. The smallest absolute Gasteiger partial charge is 0.237 e. The second kappa shape index (κ2) is 7.57. The van der Waals surface area contributed by atoms with Gasteiger partial charge < -0.3 is 4.90 Å². The molecule has 126 valence electrons. The van der Waals surface area contributed by atoms with E-state index in [4.69, 9.17) is 0 Å². The van der Waals surface area contributed by atoms with Gasteiger partial charge in [-0.2, -0.15) is 0 Å². The van der Waals surface area contributed by atoms with E-state index in [1.54, 1.807) is 16.7 Å². The third-order valence-corrected chi connectivity index (χ3v) is 6.04. The van der Waals surface area contributed by atoms with Crippen LogP contribution in [0.3, 0.4) is 0 Å². The lowest BCUT2D eigenvalue weighted by Gasteiger charge is -2.22. The maximum Gasteiger partial charge on any atom is 0.237 e. The molecule has 2 aromatic carbocycles. The highest BCUT2D eigenvalue weighted by atomic mass is 32.2. The molecular formula is C18H17F2NOS2. The monoisotopic (exact) mass is 365 g/mol. The molecule has 0 spiro atoms. The normalized spacial score (nSPS) is 17.3. The fraction of sp³-hybridized carbons (Fsp3) is 0.278. The Bertz CT molecular complexity index is 754. The highest BCUT2D eigenvalue weighted by Gasteiger charge is 2.24. The molecule has 0 aliphatic carbocycles. The number of para-hydroxylation sites is 1.